The van der Waals surface area contributed by atoms with Crippen molar-refractivity contribution in [1.82, 2.24) is 0 Å². The smallest absolute Gasteiger partial charge is 0.258 e. The molecular formula is C8H4Cl2F3NO2. The molecule has 0 aliphatic heterocycles. The van der Waals surface area contributed by atoms with E-state index in [0.717, 1.165) is 13.0 Å². The third-order valence-corrected chi connectivity index (χ3v) is 2.70. The van der Waals surface area contributed by atoms with Gasteiger partial charge in [-0.05, 0) is 12.5 Å². The highest BCUT2D eigenvalue weighted by molar-refractivity contribution is 6.36. The molecule has 1 aromatic carbocycles. The number of nitrogens with zero attached hydrogens (tertiary/aromatic N) is 1. The molecule has 0 unspecified atom stereocenters. The minimum Gasteiger partial charge on any atom is -0.258 e. The Morgan fingerprint density at radius 1 is 1.38 bits per heavy atom. The van der Waals surface area contributed by atoms with Gasteiger partial charge >= 0.3 is 6.18 Å². The van der Waals surface area contributed by atoms with Gasteiger partial charge in [-0.2, -0.15) is 13.2 Å². The zero-order valence-corrected chi connectivity index (χ0v) is 9.24. The van der Waals surface area contributed by atoms with Crippen LogP contribution in [-0.2, 0) is 6.18 Å². The lowest BCUT2D eigenvalue weighted by atomic mass is 10.1. The van der Waals surface area contributed by atoms with Gasteiger partial charge in [0.25, 0.3) is 5.69 Å². The van der Waals surface area contributed by atoms with E-state index in [4.69, 9.17) is 23.2 Å². The van der Waals surface area contributed by atoms with E-state index in [1.54, 1.807) is 0 Å². The van der Waals surface area contributed by atoms with Crippen molar-refractivity contribution in [1.29, 1.82) is 0 Å². The largest absolute Gasteiger partial charge is 0.418 e. The Hall–Kier alpha value is -1.01. The molecule has 0 aliphatic rings. The van der Waals surface area contributed by atoms with E-state index in [1.165, 1.54) is 0 Å². The molecule has 0 atom stereocenters. The molecule has 0 N–H and O–H groups in total. The van der Waals surface area contributed by atoms with Gasteiger partial charge < -0.3 is 0 Å². The fourth-order valence-corrected chi connectivity index (χ4v) is 1.74. The maximum Gasteiger partial charge on any atom is 0.418 e. The molecule has 0 saturated heterocycles. The number of hydrogen-bond acceptors (Lipinski definition) is 2. The van der Waals surface area contributed by atoms with Crippen molar-refractivity contribution in [3.63, 3.8) is 0 Å². The quantitative estimate of drug-likeness (QED) is 0.568. The molecule has 16 heavy (non-hydrogen) atoms. The van der Waals surface area contributed by atoms with Crippen LogP contribution in [0.5, 0.6) is 0 Å². The zero-order valence-electron chi connectivity index (χ0n) is 7.73. The van der Waals surface area contributed by atoms with Crippen molar-refractivity contribution in [2.75, 3.05) is 0 Å². The molecule has 3 nitrogen and oxygen atoms in total. The third-order valence-electron chi connectivity index (χ3n) is 1.92. The number of alkyl halides is 3. The van der Waals surface area contributed by atoms with Gasteiger partial charge in [0.2, 0.25) is 0 Å². The second kappa shape index (κ2) is 4.10. The molecule has 0 aromatic heterocycles. The molecule has 0 spiro atoms. The van der Waals surface area contributed by atoms with Crippen LogP contribution in [0.15, 0.2) is 6.07 Å². The Kier molecular flexibility index (Phi) is 3.35. The summed E-state index contributed by atoms with van der Waals surface area (Å²) in [4.78, 5) is 9.45. The van der Waals surface area contributed by atoms with Crippen molar-refractivity contribution in [2.45, 2.75) is 13.1 Å². The molecular weight excluding hydrogens is 270 g/mol. The average Bonchev–Trinajstić information content (AvgIpc) is 2.08. The lowest BCUT2D eigenvalue weighted by molar-refractivity contribution is -0.385. The Balaban J connectivity index is 3.66. The van der Waals surface area contributed by atoms with Crippen LogP contribution < -0.4 is 0 Å². The standard InChI is InChI=1S/C8H4Cl2F3NO2/c1-3-4(9)2-5(14(15)16)7(10)6(3)8(11,12)13/h2H,1H3. The number of halogens is 5. The predicted octanol–water partition coefficient (Wildman–Crippen LogP) is 4.23. The number of nitro benzene ring substituents is 1. The average molecular weight is 274 g/mol. The van der Waals surface area contributed by atoms with Crippen LogP contribution in [0, 0.1) is 17.0 Å². The van der Waals surface area contributed by atoms with Crippen LogP contribution in [0.4, 0.5) is 18.9 Å². The maximum atomic E-state index is 12.6. The number of nitro groups is 1. The van der Waals surface area contributed by atoms with Crippen LogP contribution in [-0.4, -0.2) is 4.92 Å². The number of rotatable bonds is 1. The molecule has 1 rings (SSSR count). The van der Waals surface area contributed by atoms with Crippen molar-refractivity contribution < 1.29 is 18.1 Å². The summed E-state index contributed by atoms with van der Waals surface area (Å²) in [6, 6.07) is 0.800. The van der Waals surface area contributed by atoms with E-state index in [2.05, 4.69) is 0 Å². The molecule has 0 aliphatic carbocycles. The highest BCUT2D eigenvalue weighted by Gasteiger charge is 2.39. The van der Waals surface area contributed by atoms with Crippen LogP contribution >= 0.6 is 23.2 Å². The van der Waals surface area contributed by atoms with Crippen molar-refractivity contribution in [3.8, 4) is 0 Å². The lowest BCUT2D eigenvalue weighted by Gasteiger charge is -2.13. The first-order valence-corrected chi connectivity index (χ1v) is 4.62. The second-order valence-electron chi connectivity index (χ2n) is 2.95. The third kappa shape index (κ3) is 2.22. The fraction of sp³-hybridized carbons (Fsp3) is 0.250. The van der Waals surface area contributed by atoms with Gasteiger partial charge in [-0.1, -0.05) is 23.2 Å². The highest BCUT2D eigenvalue weighted by atomic mass is 35.5. The summed E-state index contributed by atoms with van der Waals surface area (Å²) >= 11 is 10.8. The summed E-state index contributed by atoms with van der Waals surface area (Å²) < 4.78 is 37.7. The predicted molar refractivity (Wildman–Crippen MR) is 52.9 cm³/mol. The molecule has 1 aromatic rings. The molecule has 0 bridgehead atoms. The topological polar surface area (TPSA) is 43.1 Å². The SMILES string of the molecule is Cc1c(Cl)cc([N+](=O)[O-])c(Cl)c1C(F)(F)F. The first kappa shape index (κ1) is 13.1. The zero-order chi connectivity index (χ0) is 12.7. The van der Waals surface area contributed by atoms with E-state index in [9.17, 15) is 23.3 Å². The van der Waals surface area contributed by atoms with Crippen LogP contribution in [0.1, 0.15) is 11.1 Å². The Labute approximate surface area is 97.9 Å². The van der Waals surface area contributed by atoms with Crippen LogP contribution in [0.3, 0.4) is 0 Å². The van der Waals surface area contributed by atoms with E-state index in [-0.39, 0.29) is 10.6 Å². The van der Waals surface area contributed by atoms with E-state index in [0.29, 0.717) is 0 Å². The van der Waals surface area contributed by atoms with Gasteiger partial charge in [0.1, 0.15) is 5.02 Å². The summed E-state index contributed by atoms with van der Waals surface area (Å²) in [6.45, 7) is 1.10. The minimum absolute atomic E-state index is 0.329. The highest BCUT2D eigenvalue weighted by Crippen LogP contribution is 2.43. The van der Waals surface area contributed by atoms with Gasteiger partial charge in [0.15, 0.2) is 0 Å². The Bertz CT molecular complexity index is 460. The normalized spacial score (nSPS) is 11.6. The molecule has 0 amide bonds. The van der Waals surface area contributed by atoms with Gasteiger partial charge in [0.05, 0.1) is 15.5 Å². The lowest BCUT2D eigenvalue weighted by Crippen LogP contribution is -2.10. The maximum absolute atomic E-state index is 12.6. The molecule has 88 valence electrons. The molecule has 0 saturated carbocycles. The monoisotopic (exact) mass is 273 g/mol. The molecule has 0 radical (unpaired) electrons. The van der Waals surface area contributed by atoms with Crippen LogP contribution in [0.2, 0.25) is 10.0 Å². The summed E-state index contributed by atoms with van der Waals surface area (Å²) in [5, 5.41) is 9.17. The van der Waals surface area contributed by atoms with Gasteiger partial charge in [-0.25, -0.2) is 0 Å². The molecule has 0 heterocycles. The van der Waals surface area contributed by atoms with Gasteiger partial charge in [0, 0.05) is 6.07 Å². The second-order valence-corrected chi connectivity index (χ2v) is 3.73. The Morgan fingerprint density at radius 3 is 2.25 bits per heavy atom. The molecule has 0 fully saturated rings. The Morgan fingerprint density at radius 2 is 1.88 bits per heavy atom. The number of hydrogen-bond donors (Lipinski definition) is 0. The summed E-state index contributed by atoms with van der Waals surface area (Å²) in [7, 11) is 0. The van der Waals surface area contributed by atoms with Crippen molar-refractivity contribution in [2.24, 2.45) is 0 Å². The summed E-state index contributed by atoms with van der Waals surface area (Å²) in [5.74, 6) is 0. The fourth-order valence-electron chi connectivity index (χ4n) is 1.17. The van der Waals surface area contributed by atoms with E-state index < -0.39 is 27.4 Å². The summed E-state index contributed by atoms with van der Waals surface area (Å²) in [5.41, 5.74) is -2.46. The van der Waals surface area contributed by atoms with Gasteiger partial charge in [-0.3, -0.25) is 10.1 Å². The van der Waals surface area contributed by atoms with Crippen molar-refractivity contribution >= 4 is 28.9 Å². The first-order chi connectivity index (χ1) is 7.16. The first-order valence-electron chi connectivity index (χ1n) is 3.86. The van der Waals surface area contributed by atoms with Crippen molar-refractivity contribution in [3.05, 3.63) is 37.4 Å². The molecule has 8 heteroatoms. The van der Waals surface area contributed by atoms with E-state index >= 15 is 0 Å². The number of benzene rings is 1. The van der Waals surface area contributed by atoms with E-state index in [1.807, 2.05) is 0 Å². The summed E-state index contributed by atoms with van der Waals surface area (Å²) in [6.07, 6.45) is -4.78. The van der Waals surface area contributed by atoms with Gasteiger partial charge in [-0.15, -0.1) is 0 Å². The van der Waals surface area contributed by atoms with Crippen LogP contribution in [0.25, 0.3) is 0 Å². The minimum atomic E-state index is -4.78.